The van der Waals surface area contributed by atoms with Gasteiger partial charge in [0.2, 0.25) is 0 Å². The molecule has 2 heterocycles. The van der Waals surface area contributed by atoms with Gasteiger partial charge in [-0.15, -0.1) is 0 Å². The molecule has 2 saturated heterocycles. The monoisotopic (exact) mass is 503 g/mol. The number of fused-ring (bicyclic) bond motifs is 3. The van der Waals surface area contributed by atoms with Crippen LogP contribution in [-0.2, 0) is 11.0 Å². The van der Waals surface area contributed by atoms with Gasteiger partial charge in [-0.1, -0.05) is 32.0 Å². The number of carbonyl (C=O) groups is 1. The van der Waals surface area contributed by atoms with E-state index in [0.29, 0.717) is 24.1 Å². The molecule has 1 saturated carbocycles. The molecule has 3 fully saturated rings. The number of carboxylic acids is 1. The topological polar surface area (TPSA) is 49.8 Å². The largest absolute Gasteiger partial charge is 0.490 e. The molecule has 0 spiro atoms. The van der Waals surface area contributed by atoms with Gasteiger partial charge in [-0.05, 0) is 92.2 Å². The summed E-state index contributed by atoms with van der Waals surface area (Å²) in [7, 11) is 0. The van der Waals surface area contributed by atoms with E-state index in [0.717, 1.165) is 50.5 Å². The number of carboxylic acid groups (broad SMARTS) is 1. The molecule has 0 aromatic heterocycles. The summed E-state index contributed by atoms with van der Waals surface area (Å²) < 4.78 is 48.8. The van der Waals surface area contributed by atoms with Crippen molar-refractivity contribution in [2.75, 3.05) is 0 Å². The highest BCUT2D eigenvalue weighted by Gasteiger charge is 2.45. The van der Waals surface area contributed by atoms with Gasteiger partial charge in [0.1, 0.15) is 11.3 Å². The van der Waals surface area contributed by atoms with Crippen molar-refractivity contribution in [3.8, 4) is 5.75 Å². The van der Waals surface area contributed by atoms with Crippen LogP contribution in [0.3, 0.4) is 0 Å². The van der Waals surface area contributed by atoms with E-state index in [1.54, 1.807) is 12.1 Å². The zero-order valence-corrected chi connectivity index (χ0v) is 21.1. The van der Waals surface area contributed by atoms with Gasteiger partial charge in [0.25, 0.3) is 0 Å². The Labute approximate surface area is 210 Å². The number of ether oxygens (including phenoxy) is 1. The van der Waals surface area contributed by atoms with Crippen LogP contribution in [0.25, 0.3) is 10.8 Å². The SMILES string of the molecule is CC[C@H](c1ccc2c(C(F)(F)F)c(O[C@H]3CC[C@@H](C)CC3)ccc2c1)N1C2CCC1CC(C(=O)O)C2. The summed E-state index contributed by atoms with van der Waals surface area (Å²) in [6, 6.07) is 9.08. The second-order valence-corrected chi connectivity index (χ2v) is 11.2. The molecule has 2 unspecified atom stereocenters. The van der Waals surface area contributed by atoms with Crippen LogP contribution in [0.1, 0.15) is 88.8 Å². The number of hydrogen-bond acceptors (Lipinski definition) is 3. The first-order valence-electron chi connectivity index (χ1n) is 13.5. The van der Waals surface area contributed by atoms with Gasteiger partial charge in [-0.2, -0.15) is 13.2 Å². The van der Waals surface area contributed by atoms with Crippen molar-refractivity contribution >= 4 is 16.7 Å². The minimum Gasteiger partial charge on any atom is -0.490 e. The summed E-state index contributed by atoms with van der Waals surface area (Å²) in [4.78, 5) is 14.0. The van der Waals surface area contributed by atoms with Crippen LogP contribution in [0, 0.1) is 11.8 Å². The molecule has 2 aliphatic heterocycles. The first kappa shape index (κ1) is 25.4. The fraction of sp³-hybridized carbons (Fsp3) is 0.621. The van der Waals surface area contributed by atoms with Crippen LogP contribution in [0.2, 0.25) is 0 Å². The second kappa shape index (κ2) is 9.88. The predicted molar refractivity (Wildman–Crippen MR) is 133 cm³/mol. The Morgan fingerprint density at radius 3 is 2.31 bits per heavy atom. The maximum absolute atomic E-state index is 14.3. The summed E-state index contributed by atoms with van der Waals surface area (Å²) in [6.07, 6.45) is 2.93. The smallest absolute Gasteiger partial charge is 0.420 e. The molecule has 4 nitrogen and oxygen atoms in total. The van der Waals surface area contributed by atoms with Gasteiger partial charge in [-0.3, -0.25) is 9.69 Å². The van der Waals surface area contributed by atoms with Gasteiger partial charge >= 0.3 is 12.1 Å². The lowest BCUT2D eigenvalue weighted by Crippen LogP contribution is -2.46. The molecule has 2 aromatic carbocycles. The van der Waals surface area contributed by atoms with Crippen LogP contribution < -0.4 is 4.74 Å². The Bertz CT molecular complexity index is 1090. The number of piperidine rings is 1. The van der Waals surface area contributed by atoms with Crippen molar-refractivity contribution in [3.63, 3.8) is 0 Å². The van der Waals surface area contributed by atoms with Crippen molar-refractivity contribution < 1.29 is 27.8 Å². The fourth-order valence-electron chi connectivity index (χ4n) is 7.00. The molecule has 7 heteroatoms. The lowest BCUT2D eigenvalue weighted by molar-refractivity contribution is -0.145. The third-order valence-corrected chi connectivity index (χ3v) is 8.82. The molecule has 1 aliphatic carbocycles. The second-order valence-electron chi connectivity index (χ2n) is 11.2. The molecular weight excluding hydrogens is 467 g/mol. The maximum Gasteiger partial charge on any atom is 0.420 e. The Morgan fingerprint density at radius 2 is 1.72 bits per heavy atom. The lowest BCUT2D eigenvalue weighted by Gasteiger charge is -2.42. The average molecular weight is 504 g/mol. The maximum atomic E-state index is 14.3. The quantitative estimate of drug-likeness (QED) is 0.441. The Hall–Kier alpha value is -2.28. The van der Waals surface area contributed by atoms with Gasteiger partial charge in [0, 0.05) is 18.1 Å². The summed E-state index contributed by atoms with van der Waals surface area (Å²) in [5.74, 6) is -0.486. The first-order chi connectivity index (χ1) is 17.2. The van der Waals surface area contributed by atoms with Gasteiger partial charge in [0.05, 0.1) is 12.0 Å². The van der Waals surface area contributed by atoms with E-state index in [4.69, 9.17) is 4.74 Å². The average Bonchev–Trinajstić information content (AvgIpc) is 3.07. The van der Waals surface area contributed by atoms with Crippen LogP contribution in [0.5, 0.6) is 5.75 Å². The minimum atomic E-state index is -4.51. The summed E-state index contributed by atoms with van der Waals surface area (Å²) >= 11 is 0. The van der Waals surface area contributed by atoms with E-state index in [1.807, 2.05) is 12.1 Å². The zero-order chi connectivity index (χ0) is 25.6. The number of nitrogens with zero attached hydrogens (tertiary/aromatic N) is 1. The van der Waals surface area contributed by atoms with E-state index in [9.17, 15) is 23.1 Å². The molecule has 2 bridgehead atoms. The molecule has 3 atom stereocenters. The summed E-state index contributed by atoms with van der Waals surface area (Å²) in [5, 5.41) is 10.3. The van der Waals surface area contributed by atoms with Crippen LogP contribution in [0.4, 0.5) is 13.2 Å². The number of aliphatic carboxylic acids is 1. The van der Waals surface area contributed by atoms with Crippen LogP contribution >= 0.6 is 0 Å². The highest BCUT2D eigenvalue weighted by molar-refractivity contribution is 5.89. The van der Waals surface area contributed by atoms with E-state index in [2.05, 4.69) is 18.7 Å². The van der Waals surface area contributed by atoms with Crippen molar-refractivity contribution in [2.45, 2.75) is 102 Å². The standard InChI is InChI=1S/C29H36F3NO3/c1-3-25(33-21-8-9-22(33)16-20(15-21)28(34)35)19-6-12-24-18(14-19)7-13-26(27(24)29(30,31)32)36-23-10-4-17(2)5-11-23/h6-7,12-14,17,20-23,25H,3-5,8-11,15-16H2,1-2H3,(H,34,35)/t17-,20?,21?,22?,23+,25-/m1/s1. The fourth-order valence-corrected chi connectivity index (χ4v) is 7.00. The van der Waals surface area contributed by atoms with Crippen LogP contribution in [0.15, 0.2) is 30.3 Å². The Kier molecular flexibility index (Phi) is 6.96. The molecule has 196 valence electrons. The highest BCUT2D eigenvalue weighted by Crippen LogP contribution is 2.47. The van der Waals surface area contributed by atoms with Crippen LogP contribution in [-0.4, -0.2) is 34.2 Å². The van der Waals surface area contributed by atoms with Gasteiger partial charge in [-0.25, -0.2) is 0 Å². The Balaban J connectivity index is 1.45. The van der Waals surface area contributed by atoms with E-state index in [-0.39, 0.29) is 41.3 Å². The van der Waals surface area contributed by atoms with Gasteiger partial charge in [0.15, 0.2) is 0 Å². The molecule has 5 rings (SSSR count). The third kappa shape index (κ3) is 4.83. The number of alkyl halides is 3. The zero-order valence-electron chi connectivity index (χ0n) is 21.1. The van der Waals surface area contributed by atoms with Gasteiger partial charge < -0.3 is 9.84 Å². The lowest BCUT2D eigenvalue weighted by atomic mass is 9.87. The molecule has 1 N–H and O–H groups in total. The molecular formula is C29H36F3NO3. The van der Waals surface area contributed by atoms with Crippen molar-refractivity contribution in [1.29, 1.82) is 0 Å². The predicted octanol–water partition coefficient (Wildman–Crippen LogP) is 7.59. The molecule has 2 aromatic rings. The normalized spacial score (nSPS) is 29.9. The number of hydrogen-bond donors (Lipinski definition) is 1. The van der Waals surface area contributed by atoms with Crippen molar-refractivity contribution in [3.05, 3.63) is 41.5 Å². The number of halogens is 3. The summed E-state index contributed by atoms with van der Waals surface area (Å²) in [6.45, 7) is 4.27. The first-order valence-corrected chi connectivity index (χ1v) is 13.5. The highest BCUT2D eigenvalue weighted by atomic mass is 19.4. The number of rotatable bonds is 6. The third-order valence-electron chi connectivity index (χ3n) is 8.82. The Morgan fingerprint density at radius 1 is 1.06 bits per heavy atom. The van der Waals surface area contributed by atoms with Crippen molar-refractivity contribution in [2.24, 2.45) is 11.8 Å². The van der Waals surface area contributed by atoms with E-state index < -0.39 is 17.7 Å². The molecule has 0 radical (unpaired) electrons. The van der Waals surface area contributed by atoms with Crippen molar-refractivity contribution in [1.82, 2.24) is 4.90 Å². The summed E-state index contributed by atoms with van der Waals surface area (Å²) in [5.41, 5.74) is 0.319. The molecule has 3 aliphatic rings. The van der Waals surface area contributed by atoms with E-state index >= 15 is 0 Å². The minimum absolute atomic E-state index is 0.0659. The van der Waals surface area contributed by atoms with E-state index in [1.165, 1.54) is 6.07 Å². The number of benzene rings is 2. The molecule has 0 amide bonds. The molecule has 36 heavy (non-hydrogen) atoms.